The van der Waals surface area contributed by atoms with Gasteiger partial charge in [0.15, 0.2) is 0 Å². The second-order valence-corrected chi connectivity index (χ2v) is 5.89. The van der Waals surface area contributed by atoms with Gasteiger partial charge >= 0.3 is 0 Å². The first-order chi connectivity index (χ1) is 8.43. The molecule has 1 aliphatic heterocycles. The van der Waals surface area contributed by atoms with Crippen molar-refractivity contribution in [1.29, 1.82) is 0 Å². The van der Waals surface area contributed by atoms with Crippen molar-refractivity contribution >= 4 is 0 Å². The number of nitrogens with one attached hydrogen (secondary N) is 1. The van der Waals surface area contributed by atoms with Crippen molar-refractivity contribution in [3.05, 3.63) is 0 Å². The average Bonchev–Trinajstić information content (AvgIpc) is 2.38. The Labute approximate surface area is 109 Å². The Morgan fingerprint density at radius 2 is 1.18 bits per heavy atom. The van der Waals surface area contributed by atoms with Gasteiger partial charge in [0.25, 0.3) is 0 Å². The van der Waals surface area contributed by atoms with Gasteiger partial charge in [-0.1, -0.05) is 51.9 Å². The second kappa shape index (κ2) is 11.1. The summed E-state index contributed by atoms with van der Waals surface area (Å²) in [5.41, 5.74) is 0. The topological polar surface area (TPSA) is 4.44 Å². The Kier molecular flexibility index (Phi) is 9.78. The minimum absolute atomic E-state index is 1.37. The van der Waals surface area contributed by atoms with Gasteiger partial charge in [-0.3, -0.25) is 0 Å². The number of rotatable bonds is 10. The fourth-order valence-corrected chi connectivity index (χ4v) is 2.99. The fraction of sp³-hybridized carbons (Fsp3) is 1.00. The van der Waals surface area contributed by atoms with Crippen molar-refractivity contribution in [2.24, 2.45) is 0 Å². The van der Waals surface area contributed by atoms with Crippen LogP contribution in [0.15, 0.2) is 0 Å². The van der Waals surface area contributed by atoms with Gasteiger partial charge in [0.05, 0.1) is 19.6 Å². The van der Waals surface area contributed by atoms with Crippen LogP contribution in [0.4, 0.5) is 0 Å². The largest absolute Gasteiger partial charge is 0.335 e. The first kappa shape index (κ1) is 15.0. The molecule has 1 rings (SSSR count). The number of hydrogen-bond acceptors (Lipinski definition) is 0. The molecule has 0 saturated carbocycles. The summed E-state index contributed by atoms with van der Waals surface area (Å²) >= 11 is 0. The molecule has 17 heavy (non-hydrogen) atoms. The number of quaternary nitrogens is 1. The number of likely N-dealkylation sites (tertiary alicyclic amines) is 1. The van der Waals surface area contributed by atoms with Crippen molar-refractivity contribution in [2.45, 2.75) is 84.0 Å². The highest BCUT2D eigenvalue weighted by Gasteiger charge is 2.11. The molecule has 0 aliphatic carbocycles. The van der Waals surface area contributed by atoms with Gasteiger partial charge in [-0.25, -0.2) is 0 Å². The van der Waals surface area contributed by atoms with Crippen molar-refractivity contribution < 1.29 is 4.90 Å². The van der Waals surface area contributed by atoms with Crippen LogP contribution >= 0.6 is 0 Å². The lowest BCUT2D eigenvalue weighted by molar-refractivity contribution is -0.905. The SMILES string of the molecule is CCCCCCCCCCC[NH+]1CCCCC1. The Morgan fingerprint density at radius 3 is 1.76 bits per heavy atom. The fourth-order valence-electron chi connectivity index (χ4n) is 2.99. The lowest BCUT2D eigenvalue weighted by Gasteiger charge is -2.23. The van der Waals surface area contributed by atoms with Crippen molar-refractivity contribution in [2.75, 3.05) is 19.6 Å². The maximum Gasteiger partial charge on any atom is 0.0770 e. The van der Waals surface area contributed by atoms with Crippen molar-refractivity contribution in [1.82, 2.24) is 0 Å². The van der Waals surface area contributed by atoms with E-state index >= 15 is 0 Å². The van der Waals surface area contributed by atoms with E-state index in [0.717, 1.165) is 0 Å². The van der Waals surface area contributed by atoms with Crippen molar-refractivity contribution in [3.63, 3.8) is 0 Å². The summed E-state index contributed by atoms with van der Waals surface area (Å²) in [7, 11) is 0. The summed E-state index contributed by atoms with van der Waals surface area (Å²) in [6.07, 6.45) is 17.6. The van der Waals surface area contributed by atoms with Gasteiger partial charge in [0.2, 0.25) is 0 Å². The zero-order chi connectivity index (χ0) is 12.2. The molecule has 1 fully saturated rings. The molecule has 0 spiro atoms. The van der Waals surface area contributed by atoms with E-state index in [4.69, 9.17) is 0 Å². The van der Waals surface area contributed by atoms with Gasteiger partial charge in [-0.15, -0.1) is 0 Å². The van der Waals surface area contributed by atoms with E-state index in [1.54, 1.807) is 0 Å². The minimum Gasteiger partial charge on any atom is -0.335 e. The molecule has 0 bridgehead atoms. The van der Waals surface area contributed by atoms with E-state index in [1.165, 1.54) is 96.7 Å². The molecule has 1 nitrogen and oxygen atoms in total. The van der Waals surface area contributed by atoms with Crippen LogP contribution in [-0.4, -0.2) is 19.6 Å². The predicted molar refractivity (Wildman–Crippen MR) is 76.6 cm³/mol. The molecular formula is C16H34N+. The number of piperidine rings is 1. The first-order valence-electron chi connectivity index (χ1n) is 8.27. The molecule has 102 valence electrons. The van der Waals surface area contributed by atoms with E-state index in [-0.39, 0.29) is 0 Å². The maximum atomic E-state index is 2.29. The third kappa shape index (κ3) is 8.65. The molecule has 0 aromatic carbocycles. The molecule has 0 aromatic rings. The third-order valence-corrected chi connectivity index (χ3v) is 4.19. The smallest absolute Gasteiger partial charge is 0.0770 e. The van der Waals surface area contributed by atoms with Gasteiger partial charge in [-0.05, 0) is 32.1 Å². The van der Waals surface area contributed by atoms with E-state index in [1.807, 2.05) is 4.90 Å². The molecule has 0 amide bonds. The van der Waals surface area contributed by atoms with E-state index in [2.05, 4.69) is 6.92 Å². The van der Waals surface area contributed by atoms with Crippen LogP contribution in [0.1, 0.15) is 84.0 Å². The predicted octanol–water partition coefficient (Wildman–Crippen LogP) is 3.59. The normalized spacial score (nSPS) is 17.5. The van der Waals surface area contributed by atoms with Gasteiger partial charge < -0.3 is 4.90 Å². The molecule has 0 atom stereocenters. The van der Waals surface area contributed by atoms with E-state index in [0.29, 0.717) is 0 Å². The standard InChI is InChI=1S/C16H33N/c1-2-3-4-5-6-7-8-9-11-14-17-15-12-10-13-16-17/h2-16H2,1H3/p+1. The van der Waals surface area contributed by atoms with Crippen molar-refractivity contribution in [3.8, 4) is 0 Å². The Bertz CT molecular complexity index is 150. The zero-order valence-electron chi connectivity index (χ0n) is 12.1. The molecule has 1 heteroatoms. The van der Waals surface area contributed by atoms with Crippen LogP contribution in [0.2, 0.25) is 0 Å². The summed E-state index contributed by atoms with van der Waals surface area (Å²) in [4.78, 5) is 1.89. The molecule has 0 aromatic heterocycles. The monoisotopic (exact) mass is 240 g/mol. The van der Waals surface area contributed by atoms with Gasteiger partial charge in [-0.2, -0.15) is 0 Å². The van der Waals surface area contributed by atoms with Crippen LogP contribution in [-0.2, 0) is 0 Å². The molecule has 1 saturated heterocycles. The second-order valence-electron chi connectivity index (χ2n) is 5.89. The highest BCUT2D eigenvalue weighted by Crippen LogP contribution is 2.09. The Hall–Kier alpha value is -0.0400. The minimum atomic E-state index is 1.37. The van der Waals surface area contributed by atoms with Crippen LogP contribution in [0.3, 0.4) is 0 Å². The van der Waals surface area contributed by atoms with Gasteiger partial charge in [0.1, 0.15) is 0 Å². The van der Waals surface area contributed by atoms with Crippen LogP contribution in [0, 0.1) is 0 Å². The highest BCUT2D eigenvalue weighted by molar-refractivity contribution is 4.49. The summed E-state index contributed by atoms with van der Waals surface area (Å²) in [6, 6.07) is 0. The zero-order valence-corrected chi connectivity index (χ0v) is 12.1. The summed E-state index contributed by atoms with van der Waals surface area (Å²) < 4.78 is 0. The lowest BCUT2D eigenvalue weighted by atomic mass is 10.1. The van der Waals surface area contributed by atoms with Crippen LogP contribution in [0.25, 0.3) is 0 Å². The molecule has 1 N–H and O–H groups in total. The first-order valence-corrected chi connectivity index (χ1v) is 8.27. The number of hydrogen-bond donors (Lipinski definition) is 1. The Morgan fingerprint density at radius 1 is 0.647 bits per heavy atom. The maximum absolute atomic E-state index is 2.29. The Balaban J connectivity index is 1.75. The highest BCUT2D eigenvalue weighted by atomic mass is 15.1. The molecule has 0 unspecified atom stereocenters. The molecular weight excluding hydrogens is 206 g/mol. The quantitative estimate of drug-likeness (QED) is 0.557. The number of unbranched alkanes of at least 4 members (excludes halogenated alkanes) is 8. The average molecular weight is 240 g/mol. The van der Waals surface area contributed by atoms with Crippen LogP contribution < -0.4 is 4.90 Å². The molecule has 0 radical (unpaired) electrons. The van der Waals surface area contributed by atoms with Gasteiger partial charge in [0, 0.05) is 0 Å². The lowest BCUT2D eigenvalue weighted by Crippen LogP contribution is -3.12. The van der Waals surface area contributed by atoms with E-state index < -0.39 is 0 Å². The third-order valence-electron chi connectivity index (χ3n) is 4.19. The molecule has 1 heterocycles. The molecule has 1 aliphatic rings. The van der Waals surface area contributed by atoms with Crippen LogP contribution in [0.5, 0.6) is 0 Å². The van der Waals surface area contributed by atoms with E-state index in [9.17, 15) is 0 Å². The summed E-state index contributed by atoms with van der Waals surface area (Å²) in [5, 5.41) is 0. The summed E-state index contributed by atoms with van der Waals surface area (Å²) in [6.45, 7) is 6.66. The summed E-state index contributed by atoms with van der Waals surface area (Å²) in [5.74, 6) is 0.